The molecule has 0 fully saturated rings. The minimum absolute atomic E-state index is 0.0637. The topological polar surface area (TPSA) is 47.9 Å². The molecule has 4 nitrogen and oxygen atoms in total. The van der Waals surface area contributed by atoms with E-state index in [1.54, 1.807) is 12.1 Å². The summed E-state index contributed by atoms with van der Waals surface area (Å²) in [5.74, 6) is 0.778. The number of carbonyl (C=O) groups is 1. The van der Waals surface area contributed by atoms with Crippen molar-refractivity contribution in [3.63, 3.8) is 0 Å². The van der Waals surface area contributed by atoms with Crippen LogP contribution in [0.2, 0.25) is 0 Å². The van der Waals surface area contributed by atoms with E-state index in [9.17, 15) is 4.79 Å². The molecule has 0 unspecified atom stereocenters. The molecule has 2 aromatic carbocycles. The summed E-state index contributed by atoms with van der Waals surface area (Å²) in [6.07, 6.45) is 0. The fourth-order valence-corrected chi connectivity index (χ4v) is 2.47. The average Bonchev–Trinajstić information content (AvgIpc) is 2.50. The van der Waals surface area contributed by atoms with Crippen LogP contribution in [0.3, 0.4) is 0 Å². The molecule has 5 heteroatoms. The fraction of sp³-hybridized carbons (Fsp3) is 0.222. The Balaban J connectivity index is 2.27. The lowest BCUT2D eigenvalue weighted by atomic mass is 10.0. The minimum Gasteiger partial charge on any atom is -0.489 e. The van der Waals surface area contributed by atoms with Gasteiger partial charge in [-0.25, -0.2) is 0 Å². The molecule has 0 heterocycles. The molecule has 0 amide bonds. The maximum absolute atomic E-state index is 11.6. The van der Waals surface area contributed by atoms with Gasteiger partial charge >= 0.3 is 0 Å². The van der Waals surface area contributed by atoms with Crippen LogP contribution in [0.5, 0.6) is 5.75 Å². The van der Waals surface area contributed by atoms with Crippen molar-refractivity contribution in [2.45, 2.75) is 20.5 Å². The number of benzene rings is 2. The van der Waals surface area contributed by atoms with E-state index in [4.69, 9.17) is 21.2 Å². The maximum Gasteiger partial charge on any atom is 0.274 e. The Morgan fingerprint density at radius 2 is 1.78 bits per heavy atom. The van der Waals surface area contributed by atoms with Gasteiger partial charge in [-0.1, -0.05) is 35.5 Å². The van der Waals surface area contributed by atoms with Gasteiger partial charge in [0.2, 0.25) is 0 Å². The predicted molar refractivity (Wildman–Crippen MR) is 91.1 cm³/mol. The Labute approximate surface area is 140 Å². The lowest BCUT2D eigenvalue weighted by Crippen LogP contribution is -2.14. The molecule has 23 heavy (non-hydrogen) atoms. The lowest BCUT2D eigenvalue weighted by molar-refractivity contribution is -0.106. The van der Waals surface area contributed by atoms with E-state index in [1.807, 2.05) is 38.1 Å². The monoisotopic (exact) mass is 331 g/mol. The van der Waals surface area contributed by atoms with Crippen LogP contribution < -0.4 is 4.74 Å². The fourth-order valence-electron chi connectivity index (χ4n) is 2.34. The van der Waals surface area contributed by atoms with Crippen molar-refractivity contribution < 1.29 is 14.4 Å². The van der Waals surface area contributed by atoms with Crippen molar-refractivity contribution in [3.8, 4) is 5.75 Å². The summed E-state index contributed by atoms with van der Waals surface area (Å²) in [5, 5.41) is 3.04. The molecular weight excluding hydrogens is 314 g/mol. The molecule has 0 radical (unpaired) electrons. The van der Waals surface area contributed by atoms with Crippen molar-refractivity contribution in [1.29, 1.82) is 0 Å². The van der Waals surface area contributed by atoms with Gasteiger partial charge in [0.05, 0.1) is 0 Å². The average molecular weight is 332 g/mol. The lowest BCUT2D eigenvalue weighted by Gasteiger charge is -2.12. The summed E-state index contributed by atoms with van der Waals surface area (Å²) in [6.45, 7) is 4.33. The molecule has 2 rings (SSSR count). The number of nitrogens with zero attached hydrogens (tertiary/aromatic N) is 1. The summed E-state index contributed by atoms with van der Waals surface area (Å²) in [4.78, 5) is 16.3. The van der Waals surface area contributed by atoms with Crippen LogP contribution >= 0.6 is 11.6 Å². The molecule has 0 spiro atoms. The smallest absolute Gasteiger partial charge is 0.274 e. The number of halogens is 1. The van der Waals surface area contributed by atoms with E-state index >= 15 is 0 Å². The van der Waals surface area contributed by atoms with Gasteiger partial charge in [-0.05, 0) is 54.3 Å². The van der Waals surface area contributed by atoms with E-state index in [0.29, 0.717) is 12.2 Å². The standard InChI is InChI=1S/C18H18ClNO3/c1-12-8-13(2)10-15(9-12)23-11-14-6-4-5-7-16(14)17(18(19)21)20-22-3/h4-10H,11H2,1-3H3/b20-17+. The third-order valence-corrected chi connectivity index (χ3v) is 3.41. The van der Waals surface area contributed by atoms with Crippen molar-refractivity contribution in [2.75, 3.05) is 7.11 Å². The van der Waals surface area contributed by atoms with Gasteiger partial charge in [0.25, 0.3) is 5.24 Å². The first kappa shape index (κ1) is 17.0. The van der Waals surface area contributed by atoms with Gasteiger partial charge in [-0.15, -0.1) is 0 Å². The molecule has 0 aliphatic carbocycles. The summed E-state index contributed by atoms with van der Waals surface area (Å²) in [7, 11) is 1.37. The molecule has 0 aliphatic rings. The molecular formula is C18H18ClNO3. The van der Waals surface area contributed by atoms with Crippen LogP contribution in [0.15, 0.2) is 47.6 Å². The first-order valence-electron chi connectivity index (χ1n) is 7.11. The number of rotatable bonds is 6. The molecule has 0 saturated carbocycles. The van der Waals surface area contributed by atoms with Gasteiger partial charge in [0.15, 0.2) is 5.71 Å². The van der Waals surface area contributed by atoms with Crippen LogP contribution in [0.4, 0.5) is 0 Å². The van der Waals surface area contributed by atoms with Gasteiger partial charge in [0, 0.05) is 5.56 Å². The van der Waals surface area contributed by atoms with E-state index in [0.717, 1.165) is 22.4 Å². The first-order valence-corrected chi connectivity index (χ1v) is 7.49. The summed E-state index contributed by atoms with van der Waals surface area (Å²) < 4.78 is 5.85. The largest absolute Gasteiger partial charge is 0.489 e. The molecule has 0 N–H and O–H groups in total. The number of aryl methyl sites for hydroxylation is 2. The highest BCUT2D eigenvalue weighted by Gasteiger charge is 2.16. The van der Waals surface area contributed by atoms with Crippen LogP contribution in [-0.2, 0) is 16.2 Å². The van der Waals surface area contributed by atoms with Gasteiger partial charge in [0.1, 0.15) is 19.5 Å². The third-order valence-electron chi connectivity index (χ3n) is 3.23. The highest BCUT2D eigenvalue weighted by molar-refractivity contribution is 6.84. The summed E-state index contributed by atoms with van der Waals surface area (Å²) in [5.41, 5.74) is 3.72. The Morgan fingerprint density at radius 3 is 2.39 bits per heavy atom. The second-order valence-corrected chi connectivity index (χ2v) is 5.51. The minimum atomic E-state index is -0.675. The molecule has 2 aromatic rings. The van der Waals surface area contributed by atoms with Crippen molar-refractivity contribution >= 4 is 22.6 Å². The van der Waals surface area contributed by atoms with Crippen LogP contribution in [-0.4, -0.2) is 18.1 Å². The number of hydrogen-bond donors (Lipinski definition) is 0. The molecule has 0 aromatic heterocycles. The van der Waals surface area contributed by atoms with Gasteiger partial charge in [-0.3, -0.25) is 4.79 Å². The van der Waals surface area contributed by atoms with Gasteiger partial charge < -0.3 is 9.57 Å². The number of hydrogen-bond acceptors (Lipinski definition) is 4. The molecule has 0 bridgehead atoms. The maximum atomic E-state index is 11.6. The van der Waals surface area contributed by atoms with Crippen LogP contribution in [0.1, 0.15) is 22.3 Å². The second-order valence-electron chi connectivity index (χ2n) is 5.17. The molecule has 0 aliphatic heterocycles. The molecule has 0 atom stereocenters. The molecule has 0 saturated heterocycles. The van der Waals surface area contributed by atoms with E-state index < -0.39 is 5.24 Å². The highest BCUT2D eigenvalue weighted by atomic mass is 35.5. The Hall–Kier alpha value is -2.33. The summed E-state index contributed by atoms with van der Waals surface area (Å²) in [6, 6.07) is 13.3. The van der Waals surface area contributed by atoms with Crippen LogP contribution in [0.25, 0.3) is 0 Å². The van der Waals surface area contributed by atoms with Crippen molar-refractivity contribution in [3.05, 3.63) is 64.7 Å². The number of oxime groups is 1. The zero-order valence-electron chi connectivity index (χ0n) is 13.3. The zero-order chi connectivity index (χ0) is 16.8. The normalized spacial score (nSPS) is 11.2. The van der Waals surface area contributed by atoms with Crippen molar-refractivity contribution in [2.24, 2.45) is 5.16 Å². The van der Waals surface area contributed by atoms with Crippen molar-refractivity contribution in [1.82, 2.24) is 0 Å². The van der Waals surface area contributed by atoms with Crippen LogP contribution in [0, 0.1) is 13.8 Å². The highest BCUT2D eigenvalue weighted by Crippen LogP contribution is 2.19. The zero-order valence-corrected chi connectivity index (χ0v) is 14.1. The quantitative estimate of drug-likeness (QED) is 0.456. The predicted octanol–water partition coefficient (Wildman–Crippen LogP) is 4.00. The first-order chi connectivity index (χ1) is 11.0. The number of ether oxygens (including phenoxy) is 1. The SMILES string of the molecule is CO/N=C(/C(=O)Cl)c1ccccc1COc1cc(C)cc(C)c1. The molecule has 120 valence electrons. The Bertz CT molecular complexity index is 721. The van der Waals surface area contributed by atoms with Gasteiger partial charge in [-0.2, -0.15) is 0 Å². The van der Waals surface area contributed by atoms with E-state index in [2.05, 4.69) is 11.2 Å². The third kappa shape index (κ3) is 4.57. The number of carbonyl (C=O) groups excluding carboxylic acids is 1. The van der Waals surface area contributed by atoms with E-state index in [1.165, 1.54) is 7.11 Å². The second kappa shape index (κ2) is 7.79. The van der Waals surface area contributed by atoms with E-state index in [-0.39, 0.29) is 5.71 Å². The summed E-state index contributed by atoms with van der Waals surface area (Å²) >= 11 is 5.60. The Morgan fingerprint density at radius 1 is 1.13 bits per heavy atom. The Kier molecular flexibility index (Phi) is 5.77.